The molecule has 0 bridgehead atoms. The molecular formula is C26H30ClFN2O3. The van der Waals surface area contributed by atoms with E-state index in [0.717, 1.165) is 40.8 Å². The van der Waals surface area contributed by atoms with Gasteiger partial charge in [-0.3, -0.25) is 0 Å². The van der Waals surface area contributed by atoms with Crippen LogP contribution in [-0.2, 0) is 13.0 Å². The molecule has 0 fully saturated rings. The monoisotopic (exact) mass is 472 g/mol. The largest absolute Gasteiger partial charge is 0.497 e. The van der Waals surface area contributed by atoms with E-state index in [-0.39, 0.29) is 18.2 Å². The summed E-state index contributed by atoms with van der Waals surface area (Å²) in [5.74, 6) is 1.28. The van der Waals surface area contributed by atoms with Gasteiger partial charge in [-0.2, -0.15) is 0 Å². The quantitative estimate of drug-likeness (QED) is 0.289. The Balaban J connectivity index is 0.000000294. The topological polar surface area (TPSA) is 64.4 Å². The molecule has 0 spiro atoms. The van der Waals surface area contributed by atoms with Crippen molar-refractivity contribution in [3.63, 3.8) is 0 Å². The van der Waals surface area contributed by atoms with E-state index in [0.29, 0.717) is 16.6 Å². The van der Waals surface area contributed by atoms with Crippen LogP contribution in [0.25, 0.3) is 0 Å². The normalized spacial score (nSPS) is 10.2. The minimum absolute atomic E-state index is 0.201. The van der Waals surface area contributed by atoms with Crippen molar-refractivity contribution in [3.8, 4) is 17.2 Å². The Morgan fingerprint density at radius 3 is 2.30 bits per heavy atom. The number of hydrogen-bond donors (Lipinski definition) is 1. The highest BCUT2D eigenvalue weighted by molar-refractivity contribution is 6.29. The Morgan fingerprint density at radius 1 is 1.06 bits per heavy atom. The number of benzene rings is 2. The highest BCUT2D eigenvalue weighted by Gasteiger charge is 2.11. The van der Waals surface area contributed by atoms with Crippen LogP contribution >= 0.6 is 11.6 Å². The number of halogens is 2. The lowest BCUT2D eigenvalue weighted by molar-refractivity contribution is 0.287. The Hall–Kier alpha value is -3.12. The summed E-state index contributed by atoms with van der Waals surface area (Å²) in [4.78, 5) is 3.89. The number of rotatable bonds is 8. The average molecular weight is 473 g/mol. The number of aryl methyl sites for hydroxylation is 2. The second kappa shape index (κ2) is 12.8. The van der Waals surface area contributed by atoms with Gasteiger partial charge in [0.1, 0.15) is 23.3 Å². The van der Waals surface area contributed by atoms with Gasteiger partial charge in [0.05, 0.1) is 14.2 Å². The molecule has 1 heterocycles. The first-order valence-electron chi connectivity index (χ1n) is 10.6. The predicted octanol–water partition coefficient (Wildman–Crippen LogP) is 6.81. The van der Waals surface area contributed by atoms with Crippen LogP contribution in [-0.4, -0.2) is 24.9 Å². The molecule has 7 heteroatoms. The molecular weight excluding hydrogens is 443 g/mol. The van der Waals surface area contributed by atoms with Gasteiger partial charge >= 0.3 is 0 Å². The summed E-state index contributed by atoms with van der Waals surface area (Å²) in [5, 5.41) is 7.84. The summed E-state index contributed by atoms with van der Waals surface area (Å²) in [6, 6.07) is 12.3. The van der Waals surface area contributed by atoms with Crippen molar-refractivity contribution in [1.82, 2.24) is 4.98 Å². The Bertz CT molecular complexity index is 1070. The van der Waals surface area contributed by atoms with E-state index in [1.807, 2.05) is 38.1 Å². The third-order valence-electron chi connectivity index (χ3n) is 4.89. The molecule has 3 aromatic rings. The Labute approximate surface area is 200 Å². The molecule has 0 unspecified atom stereocenters. The third-order valence-corrected chi connectivity index (χ3v) is 5.10. The van der Waals surface area contributed by atoms with Crippen LogP contribution in [0.5, 0.6) is 17.2 Å². The summed E-state index contributed by atoms with van der Waals surface area (Å²) >= 11 is 5.64. The highest BCUT2D eigenvalue weighted by atomic mass is 35.5. The average Bonchev–Trinajstić information content (AvgIpc) is 2.79. The number of methoxy groups -OCH3 is 2. The molecule has 0 radical (unpaired) electrons. The summed E-state index contributed by atoms with van der Waals surface area (Å²) in [6.07, 6.45) is 3.33. The van der Waals surface area contributed by atoms with Crippen molar-refractivity contribution < 1.29 is 18.6 Å². The molecule has 0 atom stereocenters. The van der Waals surface area contributed by atoms with Gasteiger partial charge in [0.25, 0.3) is 0 Å². The SMILES string of the molecule is CC(=N)c1cnc(Cl)cc1C.CCCc1cc(F)c(OCc2ccc(OC)cc2)cc1OC. The summed E-state index contributed by atoms with van der Waals surface area (Å²) < 4.78 is 30.1. The maximum absolute atomic E-state index is 14.1. The maximum atomic E-state index is 14.1. The fraction of sp³-hybridized carbons (Fsp3) is 0.308. The molecule has 1 N–H and O–H groups in total. The lowest BCUT2D eigenvalue weighted by atomic mass is 10.1. The van der Waals surface area contributed by atoms with Gasteiger partial charge in [0.15, 0.2) is 11.6 Å². The lowest BCUT2D eigenvalue weighted by Gasteiger charge is -2.13. The first-order chi connectivity index (χ1) is 15.8. The minimum atomic E-state index is -0.363. The molecule has 0 aliphatic carbocycles. The molecule has 3 rings (SSSR count). The molecule has 0 saturated heterocycles. The van der Waals surface area contributed by atoms with Crippen molar-refractivity contribution in [2.45, 2.75) is 40.2 Å². The molecule has 5 nitrogen and oxygen atoms in total. The number of nitrogens with one attached hydrogen (secondary N) is 1. The molecule has 176 valence electrons. The van der Waals surface area contributed by atoms with Gasteiger partial charge in [-0.05, 0) is 61.2 Å². The van der Waals surface area contributed by atoms with E-state index >= 15 is 0 Å². The maximum Gasteiger partial charge on any atom is 0.165 e. The van der Waals surface area contributed by atoms with Crippen LogP contribution in [0.15, 0.2) is 48.7 Å². The van der Waals surface area contributed by atoms with E-state index in [1.54, 1.807) is 39.5 Å². The zero-order chi connectivity index (χ0) is 24.4. The summed E-state index contributed by atoms with van der Waals surface area (Å²) in [6.45, 7) is 5.99. The van der Waals surface area contributed by atoms with Gasteiger partial charge in [0, 0.05) is 23.5 Å². The zero-order valence-electron chi connectivity index (χ0n) is 19.7. The summed E-state index contributed by atoms with van der Waals surface area (Å²) in [7, 11) is 3.20. The first-order valence-corrected chi connectivity index (χ1v) is 11.0. The minimum Gasteiger partial charge on any atom is -0.497 e. The van der Waals surface area contributed by atoms with Gasteiger partial charge in [0.2, 0.25) is 0 Å². The second-order valence-corrected chi connectivity index (χ2v) is 7.82. The van der Waals surface area contributed by atoms with Crippen molar-refractivity contribution in [2.24, 2.45) is 0 Å². The number of hydrogen-bond acceptors (Lipinski definition) is 5. The Morgan fingerprint density at radius 2 is 1.76 bits per heavy atom. The van der Waals surface area contributed by atoms with E-state index < -0.39 is 0 Å². The van der Waals surface area contributed by atoms with Crippen LogP contribution < -0.4 is 14.2 Å². The van der Waals surface area contributed by atoms with Crippen LogP contribution in [0.1, 0.15) is 42.5 Å². The fourth-order valence-electron chi connectivity index (χ4n) is 3.14. The fourth-order valence-corrected chi connectivity index (χ4v) is 3.35. The number of aromatic nitrogens is 1. The van der Waals surface area contributed by atoms with Crippen molar-refractivity contribution >= 4 is 17.3 Å². The van der Waals surface area contributed by atoms with E-state index in [4.69, 9.17) is 31.2 Å². The Kier molecular flexibility index (Phi) is 10.1. The van der Waals surface area contributed by atoms with Gasteiger partial charge in [-0.1, -0.05) is 37.1 Å². The first kappa shape index (κ1) is 26.1. The summed E-state index contributed by atoms with van der Waals surface area (Å²) in [5.41, 5.74) is 4.18. The molecule has 0 saturated carbocycles. The van der Waals surface area contributed by atoms with Gasteiger partial charge in [-0.15, -0.1) is 0 Å². The molecule has 33 heavy (non-hydrogen) atoms. The number of pyridine rings is 1. The molecule has 0 amide bonds. The third kappa shape index (κ3) is 7.75. The van der Waals surface area contributed by atoms with E-state index in [2.05, 4.69) is 4.98 Å². The standard InChI is InChI=1S/C18H21FO3.C8H9ClN2/c1-4-5-14-10-16(19)18(11-17(14)21-3)22-12-13-6-8-15(20-2)9-7-13;1-5-3-8(9)11-4-7(5)6(2)10/h6-11H,4-5,12H2,1-3H3;3-4,10H,1-2H3. The second-order valence-electron chi connectivity index (χ2n) is 7.43. The molecule has 2 aromatic carbocycles. The highest BCUT2D eigenvalue weighted by Crippen LogP contribution is 2.29. The van der Waals surface area contributed by atoms with Crippen molar-refractivity contribution in [3.05, 3.63) is 81.9 Å². The lowest BCUT2D eigenvalue weighted by Crippen LogP contribution is -2.00. The molecule has 0 aliphatic rings. The zero-order valence-corrected chi connectivity index (χ0v) is 20.4. The van der Waals surface area contributed by atoms with Gasteiger partial charge in [-0.25, -0.2) is 9.37 Å². The van der Waals surface area contributed by atoms with Crippen LogP contribution in [0.3, 0.4) is 0 Å². The number of ether oxygens (including phenoxy) is 3. The van der Waals surface area contributed by atoms with Crippen LogP contribution in [0.4, 0.5) is 4.39 Å². The van der Waals surface area contributed by atoms with Crippen molar-refractivity contribution in [2.75, 3.05) is 14.2 Å². The van der Waals surface area contributed by atoms with E-state index in [1.165, 1.54) is 6.07 Å². The molecule has 0 aliphatic heterocycles. The van der Waals surface area contributed by atoms with Gasteiger partial charge < -0.3 is 19.6 Å². The molecule has 1 aromatic heterocycles. The number of nitrogens with zero attached hydrogens (tertiary/aromatic N) is 1. The van der Waals surface area contributed by atoms with Crippen LogP contribution in [0.2, 0.25) is 5.15 Å². The van der Waals surface area contributed by atoms with Crippen molar-refractivity contribution in [1.29, 1.82) is 5.41 Å². The smallest absolute Gasteiger partial charge is 0.165 e. The van der Waals surface area contributed by atoms with Crippen LogP contribution in [0, 0.1) is 18.2 Å². The predicted molar refractivity (Wildman–Crippen MR) is 131 cm³/mol. The van der Waals surface area contributed by atoms with E-state index in [9.17, 15) is 4.39 Å².